The Balaban J connectivity index is 1.82. The molecule has 1 aliphatic heterocycles. The molecule has 0 bridgehead atoms. The number of hydrogen-bond donors (Lipinski definition) is 1. The third-order valence-corrected chi connectivity index (χ3v) is 4.31. The minimum Gasteiger partial charge on any atom is -0.329 e. The monoisotopic (exact) mass is 374 g/mol. The molecule has 126 valence electrons. The van der Waals surface area contributed by atoms with Crippen molar-refractivity contribution in [1.82, 2.24) is 5.32 Å². The third-order valence-electron chi connectivity index (χ3n) is 3.75. The van der Waals surface area contributed by atoms with Gasteiger partial charge in [-0.3, -0.25) is 4.90 Å². The summed E-state index contributed by atoms with van der Waals surface area (Å²) >= 11 is 12.0. The van der Waals surface area contributed by atoms with Gasteiger partial charge in [0.1, 0.15) is 0 Å². The van der Waals surface area contributed by atoms with Gasteiger partial charge < -0.3 is 5.32 Å². The van der Waals surface area contributed by atoms with Crippen molar-refractivity contribution in [2.45, 2.75) is 12.2 Å². The summed E-state index contributed by atoms with van der Waals surface area (Å²) in [5.74, 6) is 0. The predicted octanol–water partition coefficient (Wildman–Crippen LogP) is 5.28. The van der Waals surface area contributed by atoms with E-state index in [9.17, 15) is 18.0 Å². The van der Waals surface area contributed by atoms with Gasteiger partial charge in [0.2, 0.25) is 0 Å². The van der Waals surface area contributed by atoms with Gasteiger partial charge >= 0.3 is 12.2 Å². The van der Waals surface area contributed by atoms with E-state index in [4.69, 9.17) is 23.2 Å². The van der Waals surface area contributed by atoms with Gasteiger partial charge in [0.25, 0.3) is 0 Å². The minimum atomic E-state index is -4.41. The lowest BCUT2D eigenvalue weighted by Crippen LogP contribution is -2.27. The number of urea groups is 1. The van der Waals surface area contributed by atoms with Crippen molar-refractivity contribution in [1.29, 1.82) is 0 Å². The first-order chi connectivity index (χ1) is 11.3. The summed E-state index contributed by atoms with van der Waals surface area (Å²) in [5, 5.41) is 3.66. The summed E-state index contributed by atoms with van der Waals surface area (Å²) in [6, 6.07) is 8.63. The number of nitrogens with one attached hydrogen (secondary N) is 1. The fraction of sp³-hybridized carbons (Fsp3) is 0.188. The number of benzene rings is 2. The minimum absolute atomic E-state index is 0.256. The molecule has 1 N–H and O–H groups in total. The van der Waals surface area contributed by atoms with Gasteiger partial charge in [-0.15, -0.1) is 0 Å². The zero-order chi connectivity index (χ0) is 17.5. The molecule has 1 heterocycles. The van der Waals surface area contributed by atoms with Gasteiger partial charge in [-0.1, -0.05) is 29.3 Å². The number of carbonyl (C=O) groups is 1. The molecule has 1 atom stereocenters. The number of halogens is 5. The van der Waals surface area contributed by atoms with Crippen LogP contribution in [0, 0.1) is 0 Å². The standard InChI is InChI=1S/C16H11Cl2F3N2O/c17-10-3-6-12(13(18)7-10)14-8-23(15(24)22-14)11-4-1-9(2-5-11)16(19,20)21/h1-7,14H,8H2,(H,22,24). The number of amides is 2. The van der Waals surface area contributed by atoms with Crippen LogP contribution in [-0.2, 0) is 6.18 Å². The molecular formula is C16H11Cl2F3N2O. The van der Waals surface area contributed by atoms with E-state index in [1.165, 1.54) is 17.0 Å². The summed E-state index contributed by atoms with van der Waals surface area (Å²) in [5.41, 5.74) is 0.320. The van der Waals surface area contributed by atoms with Crippen LogP contribution in [-0.4, -0.2) is 12.6 Å². The number of alkyl halides is 3. The number of anilines is 1. The molecule has 0 aliphatic carbocycles. The van der Waals surface area contributed by atoms with Crippen LogP contribution in [0.1, 0.15) is 17.2 Å². The van der Waals surface area contributed by atoms with Crippen LogP contribution in [0.3, 0.4) is 0 Å². The number of carbonyl (C=O) groups excluding carboxylic acids is 1. The lowest BCUT2D eigenvalue weighted by molar-refractivity contribution is -0.137. The summed E-state index contributed by atoms with van der Waals surface area (Å²) in [7, 11) is 0. The Morgan fingerprint density at radius 2 is 1.75 bits per heavy atom. The molecule has 0 aromatic heterocycles. The van der Waals surface area contributed by atoms with Gasteiger partial charge in [0.15, 0.2) is 0 Å². The Hall–Kier alpha value is -1.92. The molecule has 2 aromatic rings. The van der Waals surface area contributed by atoms with E-state index >= 15 is 0 Å². The van der Waals surface area contributed by atoms with E-state index in [-0.39, 0.29) is 12.6 Å². The number of nitrogens with zero attached hydrogens (tertiary/aromatic N) is 1. The molecule has 1 unspecified atom stereocenters. The molecule has 1 aliphatic rings. The number of rotatable bonds is 2. The second-order valence-corrected chi connectivity index (χ2v) is 6.17. The molecule has 0 saturated carbocycles. The number of hydrogen-bond acceptors (Lipinski definition) is 1. The molecule has 0 spiro atoms. The van der Waals surface area contributed by atoms with Crippen LogP contribution in [0.5, 0.6) is 0 Å². The van der Waals surface area contributed by atoms with E-state index < -0.39 is 17.8 Å². The first kappa shape index (κ1) is 16.9. The van der Waals surface area contributed by atoms with E-state index in [2.05, 4.69) is 5.32 Å². The molecule has 3 nitrogen and oxygen atoms in total. The zero-order valence-electron chi connectivity index (χ0n) is 12.1. The van der Waals surface area contributed by atoms with E-state index in [0.717, 1.165) is 12.1 Å². The maximum absolute atomic E-state index is 12.6. The fourth-order valence-electron chi connectivity index (χ4n) is 2.55. The molecule has 24 heavy (non-hydrogen) atoms. The average molecular weight is 375 g/mol. The largest absolute Gasteiger partial charge is 0.416 e. The van der Waals surface area contributed by atoms with E-state index in [0.29, 0.717) is 21.3 Å². The Bertz CT molecular complexity index is 778. The summed E-state index contributed by atoms with van der Waals surface area (Å²) < 4.78 is 37.8. The molecule has 3 rings (SSSR count). The van der Waals surface area contributed by atoms with Crippen molar-refractivity contribution >= 4 is 34.9 Å². The predicted molar refractivity (Wildman–Crippen MR) is 86.5 cm³/mol. The third kappa shape index (κ3) is 3.30. The van der Waals surface area contributed by atoms with Crippen molar-refractivity contribution < 1.29 is 18.0 Å². The molecule has 1 fully saturated rings. The van der Waals surface area contributed by atoms with E-state index in [1.54, 1.807) is 18.2 Å². The summed E-state index contributed by atoms with van der Waals surface area (Å²) in [6.45, 7) is 0.256. The Morgan fingerprint density at radius 1 is 1.08 bits per heavy atom. The molecule has 2 amide bonds. The maximum Gasteiger partial charge on any atom is 0.416 e. The topological polar surface area (TPSA) is 32.3 Å². The molecule has 2 aromatic carbocycles. The van der Waals surface area contributed by atoms with Crippen LogP contribution in [0.2, 0.25) is 10.0 Å². The van der Waals surface area contributed by atoms with Gasteiger partial charge in [0.05, 0.1) is 18.2 Å². The van der Waals surface area contributed by atoms with Crippen LogP contribution in [0.4, 0.5) is 23.7 Å². The van der Waals surface area contributed by atoms with Gasteiger partial charge in [-0.05, 0) is 42.0 Å². The maximum atomic E-state index is 12.6. The van der Waals surface area contributed by atoms with Crippen LogP contribution in [0.15, 0.2) is 42.5 Å². The second-order valence-electron chi connectivity index (χ2n) is 5.32. The zero-order valence-corrected chi connectivity index (χ0v) is 13.6. The van der Waals surface area contributed by atoms with Crippen LogP contribution < -0.4 is 10.2 Å². The highest BCUT2D eigenvalue weighted by molar-refractivity contribution is 6.35. The van der Waals surface area contributed by atoms with Gasteiger partial charge in [0, 0.05) is 15.7 Å². The Kier molecular flexibility index (Phi) is 4.36. The normalized spacial score (nSPS) is 18.0. The smallest absolute Gasteiger partial charge is 0.329 e. The molecule has 0 radical (unpaired) electrons. The highest BCUT2D eigenvalue weighted by Gasteiger charge is 2.33. The van der Waals surface area contributed by atoms with Crippen molar-refractivity contribution in [2.75, 3.05) is 11.4 Å². The quantitative estimate of drug-likeness (QED) is 0.761. The molecule has 1 saturated heterocycles. The average Bonchev–Trinajstić information content (AvgIpc) is 2.88. The SMILES string of the molecule is O=C1NC(c2ccc(Cl)cc2Cl)CN1c1ccc(C(F)(F)F)cc1. The van der Waals surface area contributed by atoms with E-state index in [1.807, 2.05) is 0 Å². The van der Waals surface area contributed by atoms with Crippen molar-refractivity contribution in [3.63, 3.8) is 0 Å². The Labute approximate surface area is 146 Å². The Morgan fingerprint density at radius 3 is 2.33 bits per heavy atom. The first-order valence-corrected chi connectivity index (χ1v) is 7.71. The fourth-order valence-corrected chi connectivity index (χ4v) is 3.09. The van der Waals surface area contributed by atoms with Gasteiger partial charge in [-0.25, -0.2) is 4.79 Å². The lowest BCUT2D eigenvalue weighted by Gasteiger charge is -2.16. The van der Waals surface area contributed by atoms with Crippen LogP contribution >= 0.6 is 23.2 Å². The van der Waals surface area contributed by atoms with Gasteiger partial charge in [-0.2, -0.15) is 13.2 Å². The second kappa shape index (κ2) is 6.18. The highest BCUT2D eigenvalue weighted by atomic mass is 35.5. The first-order valence-electron chi connectivity index (χ1n) is 6.96. The lowest BCUT2D eigenvalue weighted by atomic mass is 10.1. The summed E-state index contributed by atoms with van der Waals surface area (Å²) in [6.07, 6.45) is -4.41. The van der Waals surface area contributed by atoms with Crippen LogP contribution in [0.25, 0.3) is 0 Å². The molecule has 8 heteroatoms. The van der Waals surface area contributed by atoms with Crippen molar-refractivity contribution in [3.8, 4) is 0 Å². The summed E-state index contributed by atoms with van der Waals surface area (Å²) in [4.78, 5) is 13.5. The highest BCUT2D eigenvalue weighted by Crippen LogP contribution is 2.33. The van der Waals surface area contributed by atoms with Crippen molar-refractivity contribution in [3.05, 3.63) is 63.6 Å². The molecular weight excluding hydrogens is 364 g/mol. The van der Waals surface area contributed by atoms with Crippen molar-refractivity contribution in [2.24, 2.45) is 0 Å².